The van der Waals surface area contributed by atoms with Crippen LogP contribution in [0.4, 0.5) is 0 Å². The van der Waals surface area contributed by atoms with E-state index in [9.17, 15) is 24.6 Å². The van der Waals surface area contributed by atoms with Gasteiger partial charge < -0.3 is 25.1 Å². The van der Waals surface area contributed by atoms with Crippen LogP contribution in [0.5, 0.6) is 0 Å². The molecule has 0 aromatic heterocycles. The summed E-state index contributed by atoms with van der Waals surface area (Å²) in [7, 11) is 0. The molecule has 1 atom stereocenters. The van der Waals surface area contributed by atoms with Crippen LogP contribution in [0.2, 0.25) is 0 Å². The minimum atomic E-state index is -1.47. The SMILES string of the molecule is CCCCCCCCCCCC(=O)N[C@@H](CCC(=O)[O-])C(=O)[O-].[Na+].[Na+]. The Morgan fingerprint density at radius 2 is 1.28 bits per heavy atom. The standard InChI is InChI=1S/C17H31NO5.2Na/c1-2-3-4-5-6-7-8-9-10-11-15(19)18-14(17(22)23)12-13-16(20)21;;/h14H,2-13H2,1H3,(H,18,19)(H,20,21)(H,22,23);;/q;2*+1/p-2/t14-;;/m0../s1. The van der Waals surface area contributed by atoms with Gasteiger partial charge in [0.05, 0.1) is 12.0 Å². The molecule has 0 aliphatic heterocycles. The molecule has 1 amide bonds. The first-order valence-electron chi connectivity index (χ1n) is 8.67. The Morgan fingerprint density at radius 1 is 0.800 bits per heavy atom. The maximum atomic E-state index is 11.6. The summed E-state index contributed by atoms with van der Waals surface area (Å²) in [5.74, 6) is -3.18. The summed E-state index contributed by atoms with van der Waals surface area (Å²) in [5, 5.41) is 23.5. The van der Waals surface area contributed by atoms with Gasteiger partial charge in [-0.1, -0.05) is 58.3 Å². The molecule has 0 unspecified atom stereocenters. The molecule has 0 spiro atoms. The van der Waals surface area contributed by atoms with E-state index < -0.39 is 24.4 Å². The average Bonchev–Trinajstić information content (AvgIpc) is 2.49. The molecule has 6 nitrogen and oxygen atoms in total. The van der Waals surface area contributed by atoms with Gasteiger partial charge in [-0.25, -0.2) is 0 Å². The summed E-state index contributed by atoms with van der Waals surface area (Å²) in [6.07, 6.45) is 9.82. The predicted molar refractivity (Wildman–Crippen MR) is 83.0 cm³/mol. The maximum Gasteiger partial charge on any atom is 1.00 e. The molecular weight excluding hydrogens is 344 g/mol. The second kappa shape index (κ2) is 20.7. The molecule has 0 aromatic rings. The van der Waals surface area contributed by atoms with Crippen molar-refractivity contribution in [2.45, 2.75) is 90.0 Å². The van der Waals surface area contributed by atoms with Gasteiger partial charge in [0.25, 0.3) is 0 Å². The molecular formula is C17H29NNa2O5. The van der Waals surface area contributed by atoms with Crippen LogP contribution < -0.4 is 74.6 Å². The molecule has 134 valence electrons. The largest absolute Gasteiger partial charge is 1.00 e. The molecule has 0 aliphatic carbocycles. The zero-order chi connectivity index (χ0) is 17.5. The van der Waals surface area contributed by atoms with Crippen LogP contribution in [0.25, 0.3) is 0 Å². The Hall–Kier alpha value is 0.410. The second-order valence-corrected chi connectivity index (χ2v) is 5.93. The summed E-state index contributed by atoms with van der Waals surface area (Å²) < 4.78 is 0. The Balaban J connectivity index is -0.00000242. The van der Waals surface area contributed by atoms with E-state index in [1.165, 1.54) is 38.5 Å². The van der Waals surface area contributed by atoms with Crippen LogP contribution in [-0.4, -0.2) is 23.9 Å². The van der Waals surface area contributed by atoms with Crippen LogP contribution in [0.15, 0.2) is 0 Å². The fourth-order valence-corrected chi connectivity index (χ4v) is 2.37. The smallest absolute Gasteiger partial charge is 0.550 e. The third-order valence-corrected chi connectivity index (χ3v) is 3.76. The molecule has 0 fully saturated rings. The minimum absolute atomic E-state index is 0. The van der Waals surface area contributed by atoms with Crippen LogP contribution >= 0.6 is 0 Å². The van der Waals surface area contributed by atoms with Crippen LogP contribution in [0.3, 0.4) is 0 Å². The molecule has 25 heavy (non-hydrogen) atoms. The van der Waals surface area contributed by atoms with Crippen molar-refractivity contribution in [2.75, 3.05) is 0 Å². The Bertz CT molecular complexity index is 367. The summed E-state index contributed by atoms with van der Waals surface area (Å²) in [4.78, 5) is 32.8. The quantitative estimate of drug-likeness (QED) is 0.228. The number of hydrogen-bond donors (Lipinski definition) is 1. The van der Waals surface area contributed by atoms with Gasteiger partial charge in [0.2, 0.25) is 5.91 Å². The first-order valence-corrected chi connectivity index (χ1v) is 8.67. The summed E-state index contributed by atoms with van der Waals surface area (Å²) >= 11 is 0. The third kappa shape index (κ3) is 20.6. The van der Waals surface area contributed by atoms with E-state index in [-0.39, 0.29) is 77.9 Å². The van der Waals surface area contributed by atoms with Gasteiger partial charge in [-0.05, 0) is 19.3 Å². The van der Waals surface area contributed by atoms with Gasteiger partial charge in [0.15, 0.2) is 0 Å². The van der Waals surface area contributed by atoms with Crippen molar-refractivity contribution in [1.82, 2.24) is 5.32 Å². The van der Waals surface area contributed by atoms with E-state index in [0.29, 0.717) is 6.42 Å². The zero-order valence-electron chi connectivity index (χ0n) is 16.1. The number of amides is 1. The molecule has 0 rings (SSSR count). The van der Waals surface area contributed by atoms with Crippen molar-refractivity contribution in [2.24, 2.45) is 0 Å². The van der Waals surface area contributed by atoms with E-state index in [1.807, 2.05) is 0 Å². The normalized spacial score (nSPS) is 10.9. The predicted octanol–water partition coefficient (Wildman–Crippen LogP) is -5.32. The van der Waals surface area contributed by atoms with Crippen LogP contribution in [0.1, 0.15) is 84.0 Å². The Labute approximate surface area is 195 Å². The van der Waals surface area contributed by atoms with E-state index in [2.05, 4.69) is 12.2 Å². The van der Waals surface area contributed by atoms with Gasteiger partial charge in [0.1, 0.15) is 0 Å². The minimum Gasteiger partial charge on any atom is -0.550 e. The molecule has 0 bridgehead atoms. The number of carboxylic acids is 2. The van der Waals surface area contributed by atoms with E-state index >= 15 is 0 Å². The van der Waals surface area contributed by atoms with Gasteiger partial charge in [-0.2, -0.15) is 0 Å². The number of carbonyl (C=O) groups is 3. The van der Waals surface area contributed by atoms with Crippen molar-refractivity contribution < 1.29 is 83.7 Å². The maximum absolute atomic E-state index is 11.6. The van der Waals surface area contributed by atoms with Crippen LogP contribution in [-0.2, 0) is 14.4 Å². The number of carboxylic acid groups (broad SMARTS) is 2. The first kappa shape index (κ1) is 30.1. The summed E-state index contributed by atoms with van der Waals surface area (Å²) in [6.45, 7) is 2.19. The number of aliphatic carboxylic acids is 2. The zero-order valence-corrected chi connectivity index (χ0v) is 20.1. The number of nitrogens with one attached hydrogen (secondary N) is 1. The molecule has 0 saturated carbocycles. The molecule has 0 aromatic carbocycles. The number of unbranched alkanes of at least 4 members (excludes halogenated alkanes) is 8. The fraction of sp³-hybridized carbons (Fsp3) is 0.824. The van der Waals surface area contributed by atoms with Gasteiger partial charge >= 0.3 is 59.1 Å². The second-order valence-electron chi connectivity index (χ2n) is 5.93. The molecule has 0 radical (unpaired) electrons. The third-order valence-electron chi connectivity index (χ3n) is 3.76. The van der Waals surface area contributed by atoms with Crippen molar-refractivity contribution in [3.05, 3.63) is 0 Å². The van der Waals surface area contributed by atoms with E-state index in [0.717, 1.165) is 12.8 Å². The average molecular weight is 373 g/mol. The first-order chi connectivity index (χ1) is 11.0. The monoisotopic (exact) mass is 373 g/mol. The number of hydrogen-bond acceptors (Lipinski definition) is 5. The Kier molecular flexibility index (Phi) is 25.0. The van der Waals surface area contributed by atoms with E-state index in [1.54, 1.807) is 0 Å². The van der Waals surface area contributed by atoms with Crippen molar-refractivity contribution in [3.8, 4) is 0 Å². The molecule has 0 saturated heterocycles. The van der Waals surface area contributed by atoms with Gasteiger partial charge in [-0.15, -0.1) is 0 Å². The van der Waals surface area contributed by atoms with Gasteiger partial charge in [-0.3, -0.25) is 4.79 Å². The molecule has 1 N–H and O–H groups in total. The molecule has 0 aliphatic rings. The molecule has 8 heteroatoms. The summed E-state index contributed by atoms with van der Waals surface area (Å²) in [6, 6.07) is -1.26. The number of carbonyl (C=O) groups excluding carboxylic acids is 3. The number of rotatable bonds is 15. The van der Waals surface area contributed by atoms with E-state index in [4.69, 9.17) is 0 Å². The van der Waals surface area contributed by atoms with Gasteiger partial charge in [0, 0.05) is 12.4 Å². The van der Waals surface area contributed by atoms with Crippen molar-refractivity contribution in [3.63, 3.8) is 0 Å². The summed E-state index contributed by atoms with van der Waals surface area (Å²) in [5.41, 5.74) is 0. The van der Waals surface area contributed by atoms with Crippen molar-refractivity contribution in [1.29, 1.82) is 0 Å². The molecule has 0 heterocycles. The fourth-order valence-electron chi connectivity index (χ4n) is 2.37. The van der Waals surface area contributed by atoms with Crippen molar-refractivity contribution >= 4 is 17.8 Å². The Morgan fingerprint density at radius 3 is 1.72 bits per heavy atom. The topological polar surface area (TPSA) is 109 Å². The van der Waals surface area contributed by atoms with Crippen LogP contribution in [0, 0.1) is 0 Å².